The second-order valence-corrected chi connectivity index (χ2v) is 10.1. The highest BCUT2D eigenvalue weighted by Crippen LogP contribution is 2.47. The van der Waals surface area contributed by atoms with Crippen molar-refractivity contribution >= 4 is 33.5 Å². The van der Waals surface area contributed by atoms with Gasteiger partial charge < -0.3 is 9.84 Å². The number of alkyl halides is 3. The van der Waals surface area contributed by atoms with Gasteiger partial charge in [-0.1, -0.05) is 36.4 Å². The molecule has 1 aromatic heterocycles. The molecule has 1 fully saturated rings. The first kappa shape index (κ1) is 24.8. The molecule has 1 aliphatic carbocycles. The zero-order valence-corrected chi connectivity index (χ0v) is 20.1. The molecule has 190 valence electrons. The first-order valence-corrected chi connectivity index (χ1v) is 12.6. The number of carboxylic acids is 1. The molecule has 0 saturated heterocycles. The molecular weight excluding hydrogens is 505 g/mol. The van der Waals surface area contributed by atoms with Crippen LogP contribution in [0.15, 0.2) is 83.9 Å². The molecule has 0 bridgehead atoms. The van der Waals surface area contributed by atoms with Crippen molar-refractivity contribution in [2.45, 2.75) is 36.6 Å². The van der Waals surface area contributed by atoms with E-state index < -0.39 is 23.3 Å². The SMILES string of the molecule is O=C(O)c1ccc(S(=O)N(Cc2ccc(OC(F)(F)F)cc2)c2ncc3ccccc3c2C2CC2)cc1. The van der Waals surface area contributed by atoms with Crippen molar-refractivity contribution in [1.82, 2.24) is 4.98 Å². The number of carboxylic acid groups (broad SMARTS) is 1. The van der Waals surface area contributed by atoms with Crippen LogP contribution in [0.25, 0.3) is 10.8 Å². The molecule has 5 rings (SSSR count). The van der Waals surface area contributed by atoms with Crippen molar-refractivity contribution in [2.24, 2.45) is 0 Å². The summed E-state index contributed by atoms with van der Waals surface area (Å²) in [4.78, 5) is 16.3. The maximum Gasteiger partial charge on any atom is 0.573 e. The Kier molecular flexibility index (Phi) is 6.59. The highest BCUT2D eigenvalue weighted by molar-refractivity contribution is 7.86. The molecule has 0 spiro atoms. The maximum atomic E-state index is 13.9. The van der Waals surface area contributed by atoms with Crippen molar-refractivity contribution in [2.75, 3.05) is 4.31 Å². The Morgan fingerprint density at radius 1 is 1.03 bits per heavy atom. The molecule has 1 saturated carbocycles. The number of anilines is 1. The fourth-order valence-corrected chi connectivity index (χ4v) is 5.36. The predicted octanol–water partition coefficient (Wildman–Crippen LogP) is 6.44. The first-order valence-electron chi connectivity index (χ1n) is 11.4. The fourth-order valence-electron chi connectivity index (χ4n) is 4.16. The van der Waals surface area contributed by atoms with Crippen LogP contribution in [-0.4, -0.2) is 26.6 Å². The van der Waals surface area contributed by atoms with E-state index in [4.69, 9.17) is 0 Å². The molecule has 1 N–H and O–H groups in total. The number of hydrogen-bond acceptors (Lipinski definition) is 4. The smallest absolute Gasteiger partial charge is 0.478 e. The number of benzene rings is 3. The van der Waals surface area contributed by atoms with E-state index in [1.807, 2.05) is 24.3 Å². The lowest BCUT2D eigenvalue weighted by molar-refractivity contribution is -0.274. The van der Waals surface area contributed by atoms with E-state index in [2.05, 4.69) is 9.72 Å². The van der Waals surface area contributed by atoms with Gasteiger partial charge in [-0.25, -0.2) is 14.0 Å². The van der Waals surface area contributed by atoms with Gasteiger partial charge in [0.25, 0.3) is 0 Å². The minimum atomic E-state index is -4.80. The molecule has 4 aromatic rings. The van der Waals surface area contributed by atoms with Crippen molar-refractivity contribution in [1.29, 1.82) is 0 Å². The average molecular weight is 527 g/mol. The van der Waals surface area contributed by atoms with E-state index in [9.17, 15) is 27.3 Å². The molecule has 6 nitrogen and oxygen atoms in total. The van der Waals surface area contributed by atoms with Gasteiger partial charge >= 0.3 is 12.3 Å². The van der Waals surface area contributed by atoms with E-state index in [1.165, 1.54) is 48.5 Å². The number of rotatable bonds is 8. The Balaban J connectivity index is 1.56. The summed E-state index contributed by atoms with van der Waals surface area (Å²) in [6.07, 6.45) is -1.14. The molecule has 3 aromatic carbocycles. The zero-order valence-electron chi connectivity index (χ0n) is 19.3. The Bertz CT molecular complexity index is 1470. The molecular formula is C27H21F3N2O4S. The fraction of sp³-hybridized carbons (Fsp3) is 0.185. The van der Waals surface area contributed by atoms with Gasteiger partial charge in [0.2, 0.25) is 0 Å². The van der Waals surface area contributed by atoms with Gasteiger partial charge in [0.1, 0.15) is 11.6 Å². The van der Waals surface area contributed by atoms with Crippen LogP contribution in [0.1, 0.15) is 40.2 Å². The Morgan fingerprint density at radius 3 is 2.32 bits per heavy atom. The number of fused-ring (bicyclic) bond motifs is 1. The maximum absolute atomic E-state index is 13.9. The summed E-state index contributed by atoms with van der Waals surface area (Å²) in [5, 5.41) is 11.2. The van der Waals surface area contributed by atoms with E-state index in [0.717, 1.165) is 29.2 Å². The zero-order chi connectivity index (χ0) is 26.2. The summed E-state index contributed by atoms with van der Waals surface area (Å²) in [7, 11) is -1.79. The largest absolute Gasteiger partial charge is 0.573 e. The number of nitrogens with zero attached hydrogens (tertiary/aromatic N) is 2. The lowest BCUT2D eigenvalue weighted by Gasteiger charge is -2.26. The number of aromatic nitrogens is 1. The number of pyridine rings is 1. The molecule has 37 heavy (non-hydrogen) atoms. The average Bonchev–Trinajstić information content (AvgIpc) is 3.72. The Morgan fingerprint density at radius 2 is 1.70 bits per heavy atom. The van der Waals surface area contributed by atoms with Crippen LogP contribution in [-0.2, 0) is 17.5 Å². The third-order valence-corrected chi connectivity index (χ3v) is 7.40. The first-order chi connectivity index (χ1) is 17.7. The monoisotopic (exact) mass is 526 g/mol. The minimum absolute atomic E-state index is 0.0649. The summed E-state index contributed by atoms with van der Waals surface area (Å²) in [5.74, 6) is -0.666. The van der Waals surface area contributed by atoms with Crippen molar-refractivity contribution in [3.05, 3.63) is 95.7 Å². The van der Waals surface area contributed by atoms with E-state index in [1.54, 1.807) is 10.5 Å². The van der Waals surface area contributed by atoms with Crippen molar-refractivity contribution in [3.8, 4) is 5.75 Å². The Labute approximate surface area is 212 Å². The van der Waals surface area contributed by atoms with E-state index in [0.29, 0.717) is 16.3 Å². The summed E-state index contributed by atoms with van der Waals surface area (Å²) in [5.41, 5.74) is 1.64. The number of aromatic carboxylic acids is 1. The highest BCUT2D eigenvalue weighted by atomic mass is 32.2. The molecule has 1 aliphatic rings. The van der Waals surface area contributed by atoms with Gasteiger partial charge in [0.05, 0.1) is 17.0 Å². The van der Waals surface area contributed by atoms with Crippen LogP contribution >= 0.6 is 0 Å². The lowest BCUT2D eigenvalue weighted by atomic mass is 10.0. The molecule has 1 atom stereocenters. The van der Waals surface area contributed by atoms with Crippen LogP contribution in [0.3, 0.4) is 0 Å². The van der Waals surface area contributed by atoms with Gasteiger partial charge in [0.15, 0.2) is 11.0 Å². The van der Waals surface area contributed by atoms with Gasteiger partial charge in [-0.2, -0.15) is 0 Å². The lowest BCUT2D eigenvalue weighted by Crippen LogP contribution is -2.27. The van der Waals surface area contributed by atoms with Crippen LogP contribution < -0.4 is 9.04 Å². The van der Waals surface area contributed by atoms with Gasteiger partial charge in [-0.15, -0.1) is 13.2 Å². The van der Waals surface area contributed by atoms with Crippen molar-refractivity contribution < 1.29 is 32.0 Å². The third kappa shape index (κ3) is 5.59. The minimum Gasteiger partial charge on any atom is -0.478 e. The van der Waals surface area contributed by atoms with Crippen LogP contribution in [0, 0.1) is 0 Å². The van der Waals surface area contributed by atoms with Gasteiger partial charge in [-0.3, -0.25) is 4.31 Å². The normalized spacial score (nSPS) is 14.4. The molecule has 0 aliphatic heterocycles. The standard InChI is InChI=1S/C27H21F3N2O4S/c28-27(29,30)36-21-11-5-17(6-12-21)16-32(37(35)22-13-9-19(10-14-22)26(33)34)25-24(18-7-8-18)23-4-2-1-3-20(23)15-31-25/h1-6,9-15,18H,7-8,16H2,(H,33,34). The van der Waals surface area contributed by atoms with E-state index in [-0.39, 0.29) is 23.8 Å². The molecule has 1 heterocycles. The predicted molar refractivity (Wildman–Crippen MR) is 133 cm³/mol. The summed E-state index contributed by atoms with van der Waals surface area (Å²) in [6, 6.07) is 18.9. The molecule has 1 unspecified atom stereocenters. The number of carbonyl (C=O) groups is 1. The second kappa shape index (κ2) is 9.85. The number of hydrogen-bond donors (Lipinski definition) is 1. The highest BCUT2D eigenvalue weighted by Gasteiger charge is 2.33. The third-order valence-electron chi connectivity index (χ3n) is 6.03. The van der Waals surface area contributed by atoms with Gasteiger partial charge in [0, 0.05) is 17.1 Å². The second-order valence-electron chi connectivity index (χ2n) is 8.66. The van der Waals surface area contributed by atoms with Crippen LogP contribution in [0.2, 0.25) is 0 Å². The molecule has 10 heteroatoms. The number of ether oxygens (including phenoxy) is 1. The van der Waals surface area contributed by atoms with Crippen molar-refractivity contribution in [3.63, 3.8) is 0 Å². The summed E-state index contributed by atoms with van der Waals surface area (Å²) < 4.78 is 57.2. The van der Waals surface area contributed by atoms with Gasteiger partial charge in [-0.05, 0) is 66.1 Å². The summed E-state index contributed by atoms with van der Waals surface area (Å²) in [6.45, 7) is 0.0879. The topological polar surface area (TPSA) is 79.7 Å². The quantitative estimate of drug-likeness (QED) is 0.286. The van der Waals surface area contributed by atoms with Crippen LogP contribution in [0.5, 0.6) is 5.75 Å². The Hall–Kier alpha value is -3.92. The number of halogens is 3. The van der Waals surface area contributed by atoms with E-state index >= 15 is 0 Å². The van der Waals surface area contributed by atoms with Crippen LogP contribution in [0.4, 0.5) is 19.0 Å². The summed E-state index contributed by atoms with van der Waals surface area (Å²) >= 11 is 0. The molecule has 0 amide bonds. The molecule has 0 radical (unpaired) electrons.